The van der Waals surface area contributed by atoms with Crippen LogP contribution in [-0.4, -0.2) is 11.6 Å². The maximum atomic E-state index is 12.5. The average Bonchev–Trinajstić information content (AvgIpc) is 2.97. The normalized spacial score (nSPS) is 12.9. The molecular formula is C19H11ClO3. The van der Waals surface area contributed by atoms with Crippen molar-refractivity contribution in [3.63, 3.8) is 0 Å². The van der Waals surface area contributed by atoms with Crippen LogP contribution in [0.4, 0.5) is 0 Å². The number of ketones is 2. The van der Waals surface area contributed by atoms with Crippen LogP contribution in [0.5, 0.6) is 0 Å². The van der Waals surface area contributed by atoms with Crippen molar-refractivity contribution < 1.29 is 14.0 Å². The Morgan fingerprint density at radius 3 is 2.30 bits per heavy atom. The van der Waals surface area contributed by atoms with E-state index in [1.165, 1.54) is 0 Å². The molecule has 4 rings (SSSR count). The fourth-order valence-electron chi connectivity index (χ4n) is 2.86. The Hall–Kier alpha value is -2.65. The van der Waals surface area contributed by atoms with Gasteiger partial charge in [0, 0.05) is 22.6 Å². The van der Waals surface area contributed by atoms with Crippen molar-refractivity contribution in [1.82, 2.24) is 0 Å². The summed E-state index contributed by atoms with van der Waals surface area (Å²) in [6, 6.07) is 15.9. The molecule has 3 aromatic rings. The van der Waals surface area contributed by atoms with E-state index in [0.717, 1.165) is 5.56 Å². The van der Waals surface area contributed by atoms with E-state index in [1.807, 2.05) is 18.2 Å². The van der Waals surface area contributed by atoms with Crippen LogP contribution < -0.4 is 0 Å². The molecule has 0 bridgehead atoms. The molecule has 0 atom stereocenters. The Morgan fingerprint density at radius 1 is 0.826 bits per heavy atom. The summed E-state index contributed by atoms with van der Waals surface area (Å²) >= 11 is 5.98. The van der Waals surface area contributed by atoms with Gasteiger partial charge in [0.05, 0.1) is 5.56 Å². The molecule has 0 aliphatic heterocycles. The van der Waals surface area contributed by atoms with Crippen molar-refractivity contribution >= 4 is 23.2 Å². The van der Waals surface area contributed by atoms with Gasteiger partial charge in [-0.1, -0.05) is 48.0 Å². The average molecular weight is 323 g/mol. The van der Waals surface area contributed by atoms with Crippen molar-refractivity contribution in [2.45, 2.75) is 6.42 Å². The molecule has 2 aromatic carbocycles. The molecule has 0 fully saturated rings. The third kappa shape index (κ3) is 2.30. The first-order chi connectivity index (χ1) is 11.1. The van der Waals surface area contributed by atoms with Gasteiger partial charge in [0.25, 0.3) is 0 Å². The van der Waals surface area contributed by atoms with E-state index in [2.05, 4.69) is 0 Å². The minimum Gasteiger partial charge on any atom is -0.456 e. The molecule has 0 spiro atoms. The van der Waals surface area contributed by atoms with Crippen LogP contribution in [0.2, 0.25) is 5.02 Å². The lowest BCUT2D eigenvalue weighted by atomic mass is 9.88. The molecule has 23 heavy (non-hydrogen) atoms. The number of carbonyl (C=O) groups is 2. The molecule has 1 aliphatic rings. The van der Waals surface area contributed by atoms with Gasteiger partial charge in [0.15, 0.2) is 11.5 Å². The first kappa shape index (κ1) is 14.0. The lowest BCUT2D eigenvalue weighted by Gasteiger charge is -2.11. The maximum absolute atomic E-state index is 12.5. The molecule has 0 N–H and O–H groups in total. The monoisotopic (exact) mass is 322 g/mol. The summed E-state index contributed by atoms with van der Waals surface area (Å²) in [6.45, 7) is 0. The zero-order valence-corrected chi connectivity index (χ0v) is 12.8. The van der Waals surface area contributed by atoms with E-state index in [1.54, 1.807) is 36.4 Å². The third-order valence-corrected chi connectivity index (χ3v) is 4.15. The molecule has 0 saturated carbocycles. The van der Waals surface area contributed by atoms with E-state index in [9.17, 15) is 9.59 Å². The number of halogens is 1. The molecule has 0 unspecified atom stereocenters. The molecule has 4 heteroatoms. The van der Waals surface area contributed by atoms with Gasteiger partial charge in [-0.05, 0) is 23.8 Å². The molecule has 0 saturated heterocycles. The Kier molecular flexibility index (Phi) is 3.17. The van der Waals surface area contributed by atoms with Gasteiger partial charge >= 0.3 is 0 Å². The van der Waals surface area contributed by atoms with E-state index in [-0.39, 0.29) is 17.3 Å². The Bertz CT molecular complexity index is 900. The van der Waals surface area contributed by atoms with Crippen LogP contribution in [0, 0.1) is 0 Å². The quantitative estimate of drug-likeness (QED) is 0.553. The summed E-state index contributed by atoms with van der Waals surface area (Å²) in [7, 11) is 0. The summed E-state index contributed by atoms with van der Waals surface area (Å²) in [5, 5.41) is 0.637. The predicted octanol–water partition coefficient (Wildman–Crippen LogP) is 4.30. The molecule has 1 aromatic heterocycles. The second kappa shape index (κ2) is 5.21. The van der Waals surface area contributed by atoms with E-state index in [4.69, 9.17) is 16.0 Å². The van der Waals surface area contributed by atoms with Gasteiger partial charge in [-0.15, -0.1) is 0 Å². The highest BCUT2D eigenvalue weighted by Gasteiger charge is 2.33. The third-order valence-electron chi connectivity index (χ3n) is 3.92. The summed E-state index contributed by atoms with van der Waals surface area (Å²) in [5.74, 6) is 0.293. The highest BCUT2D eigenvalue weighted by atomic mass is 35.5. The van der Waals surface area contributed by atoms with Crippen molar-refractivity contribution in [2.24, 2.45) is 0 Å². The molecule has 1 aliphatic carbocycles. The lowest BCUT2D eigenvalue weighted by molar-refractivity contribution is 0.0959. The van der Waals surface area contributed by atoms with Crippen LogP contribution in [-0.2, 0) is 6.42 Å². The minimum absolute atomic E-state index is 0.130. The molecule has 0 amide bonds. The minimum atomic E-state index is -0.243. The van der Waals surface area contributed by atoms with Crippen LogP contribution in [0.25, 0.3) is 0 Å². The molecule has 112 valence electrons. The van der Waals surface area contributed by atoms with Crippen molar-refractivity contribution in [1.29, 1.82) is 0 Å². The number of hydrogen-bond donors (Lipinski definition) is 0. The number of hydrogen-bond acceptors (Lipinski definition) is 3. The van der Waals surface area contributed by atoms with Gasteiger partial charge in [-0.3, -0.25) is 9.59 Å². The van der Waals surface area contributed by atoms with E-state index < -0.39 is 0 Å². The van der Waals surface area contributed by atoms with Gasteiger partial charge in [0.1, 0.15) is 5.76 Å². The Balaban J connectivity index is 1.75. The van der Waals surface area contributed by atoms with Crippen molar-refractivity contribution in [2.75, 3.05) is 0 Å². The summed E-state index contributed by atoms with van der Waals surface area (Å²) in [4.78, 5) is 25.0. The maximum Gasteiger partial charge on any atom is 0.229 e. The van der Waals surface area contributed by atoms with Crippen LogP contribution in [0.3, 0.4) is 0 Å². The molecule has 3 nitrogen and oxygen atoms in total. The first-order valence-corrected chi connectivity index (χ1v) is 7.57. The SMILES string of the molecule is O=C1c2ccccc2C(=O)c2oc(Cc3cccc(Cl)c3)cc21. The van der Waals surface area contributed by atoms with E-state index in [0.29, 0.717) is 33.9 Å². The second-order valence-corrected chi connectivity index (χ2v) is 5.90. The van der Waals surface area contributed by atoms with Gasteiger partial charge in [-0.2, -0.15) is 0 Å². The summed E-state index contributed by atoms with van der Waals surface area (Å²) in [6.07, 6.45) is 0.477. The first-order valence-electron chi connectivity index (χ1n) is 7.19. The summed E-state index contributed by atoms with van der Waals surface area (Å²) < 4.78 is 5.68. The van der Waals surface area contributed by atoms with Crippen molar-refractivity contribution in [3.8, 4) is 0 Å². The van der Waals surface area contributed by atoms with Gasteiger partial charge < -0.3 is 4.42 Å². The van der Waals surface area contributed by atoms with Gasteiger partial charge in [0.2, 0.25) is 5.78 Å². The Morgan fingerprint density at radius 2 is 1.57 bits per heavy atom. The smallest absolute Gasteiger partial charge is 0.229 e. The standard InChI is InChI=1S/C19H11ClO3/c20-12-5-3-4-11(8-12)9-13-10-16-17(21)14-6-1-2-7-15(14)18(22)19(16)23-13/h1-8,10H,9H2. The zero-order valence-electron chi connectivity index (χ0n) is 12.0. The fourth-order valence-corrected chi connectivity index (χ4v) is 3.07. The van der Waals surface area contributed by atoms with Crippen LogP contribution >= 0.6 is 11.6 Å². The lowest BCUT2D eigenvalue weighted by Crippen LogP contribution is -2.18. The highest BCUT2D eigenvalue weighted by molar-refractivity contribution is 6.30. The number of carbonyl (C=O) groups excluding carboxylic acids is 2. The number of fused-ring (bicyclic) bond motifs is 2. The second-order valence-electron chi connectivity index (χ2n) is 5.47. The highest BCUT2D eigenvalue weighted by Crippen LogP contribution is 2.30. The Labute approximate surface area is 137 Å². The topological polar surface area (TPSA) is 47.3 Å². The largest absolute Gasteiger partial charge is 0.456 e. The number of furan rings is 1. The van der Waals surface area contributed by atoms with Crippen LogP contribution in [0.1, 0.15) is 43.4 Å². The predicted molar refractivity (Wildman–Crippen MR) is 86.3 cm³/mol. The molecular weight excluding hydrogens is 312 g/mol. The van der Waals surface area contributed by atoms with E-state index >= 15 is 0 Å². The molecule has 1 heterocycles. The molecule has 0 radical (unpaired) electrons. The van der Waals surface area contributed by atoms with Gasteiger partial charge in [-0.25, -0.2) is 0 Å². The fraction of sp³-hybridized carbons (Fsp3) is 0.0526. The van der Waals surface area contributed by atoms with Crippen LogP contribution in [0.15, 0.2) is 59.0 Å². The zero-order chi connectivity index (χ0) is 16.0. The summed E-state index contributed by atoms with van der Waals surface area (Å²) in [5.41, 5.74) is 2.13. The number of benzene rings is 2. The number of rotatable bonds is 2. The van der Waals surface area contributed by atoms with Crippen molar-refractivity contribution in [3.05, 3.63) is 93.4 Å².